The lowest BCUT2D eigenvalue weighted by atomic mass is 9.95. The topological polar surface area (TPSA) is 146 Å². The highest BCUT2D eigenvalue weighted by molar-refractivity contribution is 5.90. The van der Waals surface area contributed by atoms with E-state index in [4.69, 9.17) is 14.2 Å². The molecule has 3 aromatic carbocycles. The van der Waals surface area contributed by atoms with Crippen LogP contribution in [-0.4, -0.2) is 54.5 Å². The molecule has 0 bridgehead atoms. The number of amides is 2. The molecule has 1 aliphatic rings. The van der Waals surface area contributed by atoms with Gasteiger partial charge in [-0.3, -0.25) is 14.4 Å². The minimum Gasteiger partial charge on any atom is -0.493 e. The lowest BCUT2D eigenvalue weighted by Crippen LogP contribution is -2.26. The third-order valence-electron chi connectivity index (χ3n) is 7.86. The molecule has 0 saturated carbocycles. The van der Waals surface area contributed by atoms with E-state index in [1.807, 2.05) is 36.4 Å². The van der Waals surface area contributed by atoms with Gasteiger partial charge in [-0.1, -0.05) is 18.2 Å². The third kappa shape index (κ3) is 7.28. The Morgan fingerprint density at radius 3 is 2.46 bits per heavy atom. The molecule has 2 amide bonds. The number of anilines is 2. The summed E-state index contributed by atoms with van der Waals surface area (Å²) in [5, 5.41) is 13.2. The number of benzene rings is 2. The van der Waals surface area contributed by atoms with Crippen LogP contribution in [0.4, 0.5) is 11.4 Å². The van der Waals surface area contributed by atoms with E-state index in [2.05, 4.69) is 26.0 Å². The predicted molar refractivity (Wildman–Crippen MR) is 175 cm³/mol. The van der Waals surface area contributed by atoms with Crippen LogP contribution in [0.15, 0.2) is 66.0 Å². The number of nitrogens with one attached hydrogen (secondary N) is 3. The Morgan fingerprint density at radius 2 is 1.78 bits per heavy atom. The van der Waals surface area contributed by atoms with Crippen molar-refractivity contribution in [1.29, 1.82) is 0 Å². The summed E-state index contributed by atoms with van der Waals surface area (Å²) in [4.78, 5) is 42.2. The molecule has 0 aliphatic heterocycles. The van der Waals surface area contributed by atoms with Gasteiger partial charge >= 0.3 is 0 Å². The summed E-state index contributed by atoms with van der Waals surface area (Å²) in [5.74, 6) is 1.16. The molecular formula is C34H38N6O6. The summed E-state index contributed by atoms with van der Waals surface area (Å²) in [6, 6.07) is 14.3. The molecule has 12 nitrogen and oxygen atoms in total. The van der Waals surface area contributed by atoms with Crippen molar-refractivity contribution < 1.29 is 23.8 Å². The van der Waals surface area contributed by atoms with E-state index >= 15 is 0 Å². The molecule has 1 aliphatic carbocycles. The number of carbonyl (C=O) groups is 2. The summed E-state index contributed by atoms with van der Waals surface area (Å²) >= 11 is 0. The number of aryl methyl sites for hydroxylation is 1. The Bertz CT molecular complexity index is 1760. The molecule has 0 fully saturated rings. The second-order valence-electron chi connectivity index (χ2n) is 11.0. The molecule has 0 saturated heterocycles. The zero-order valence-electron chi connectivity index (χ0n) is 26.4. The van der Waals surface area contributed by atoms with Gasteiger partial charge in [0.1, 0.15) is 12.7 Å². The molecule has 1 atom stereocenters. The van der Waals surface area contributed by atoms with Gasteiger partial charge in [0.25, 0.3) is 0 Å². The number of carbonyl (C=O) groups excluding carboxylic acids is 2. The molecule has 0 radical (unpaired) electrons. The minimum atomic E-state index is -0.394. The highest BCUT2D eigenvalue weighted by Gasteiger charge is 2.29. The van der Waals surface area contributed by atoms with Gasteiger partial charge in [0, 0.05) is 31.1 Å². The predicted octanol–water partition coefficient (Wildman–Crippen LogP) is 4.33. The van der Waals surface area contributed by atoms with E-state index in [-0.39, 0.29) is 23.7 Å². The van der Waals surface area contributed by atoms with E-state index in [1.165, 1.54) is 13.3 Å². The first kappa shape index (κ1) is 32.0. The second kappa shape index (κ2) is 14.6. The third-order valence-corrected chi connectivity index (χ3v) is 7.86. The zero-order valence-corrected chi connectivity index (χ0v) is 26.4. The van der Waals surface area contributed by atoms with E-state index in [0.29, 0.717) is 66.5 Å². The van der Waals surface area contributed by atoms with Crippen molar-refractivity contribution >= 4 is 23.2 Å². The van der Waals surface area contributed by atoms with E-state index in [1.54, 1.807) is 44.5 Å². The molecule has 12 heteroatoms. The van der Waals surface area contributed by atoms with Crippen molar-refractivity contribution in [3.05, 3.63) is 88.1 Å². The Balaban J connectivity index is 1.31. The first-order valence-electron chi connectivity index (χ1n) is 15.0. The average Bonchev–Trinajstić information content (AvgIpc) is 3.45. The van der Waals surface area contributed by atoms with Crippen molar-refractivity contribution in [2.24, 2.45) is 0 Å². The van der Waals surface area contributed by atoms with Gasteiger partial charge in [0.15, 0.2) is 11.5 Å². The summed E-state index contributed by atoms with van der Waals surface area (Å²) in [7, 11) is 4.68. The van der Waals surface area contributed by atoms with Gasteiger partial charge in [0.2, 0.25) is 23.0 Å². The lowest BCUT2D eigenvalue weighted by Gasteiger charge is -2.19. The van der Waals surface area contributed by atoms with Crippen LogP contribution in [0.1, 0.15) is 48.9 Å². The second-order valence-corrected chi connectivity index (χ2v) is 11.0. The van der Waals surface area contributed by atoms with Gasteiger partial charge in [0.05, 0.1) is 39.6 Å². The average molecular weight is 627 g/mol. The van der Waals surface area contributed by atoms with Crippen molar-refractivity contribution in [3.8, 4) is 28.4 Å². The van der Waals surface area contributed by atoms with Crippen molar-refractivity contribution in [3.63, 3.8) is 0 Å². The fraction of sp³-hybridized carbons (Fsp3) is 0.324. The van der Waals surface area contributed by atoms with Gasteiger partial charge in [-0.25, -0.2) is 9.67 Å². The number of fused-ring (bicyclic) bond motifs is 3. The largest absolute Gasteiger partial charge is 0.493 e. The number of aromatic nitrogens is 3. The fourth-order valence-electron chi connectivity index (χ4n) is 5.74. The SMILES string of the molecule is COc1cc2c(c(OC)c1OC)-c1ccc(NCCCC(=O)Nc3ccc(Cn4cncn4)cc3)c(=O)cc1[C@H](NC(C)=O)CC2. The van der Waals surface area contributed by atoms with Crippen LogP contribution in [0.25, 0.3) is 11.1 Å². The standard InChI is InChI=1S/C34H38N6O6/c1-21(41)38-27-13-9-23-16-30(44-2)33(45-3)34(46-4)32(23)25-12-14-28(29(42)17-26(25)27)36-15-5-6-31(43)39-24-10-7-22(8-11-24)18-40-20-35-19-37-40/h7-8,10-12,14,16-17,19-20,27H,5-6,9,13,15,18H2,1-4H3,(H,36,42)(H,38,41)(H,39,43)/t27-/m1/s1. The first-order valence-corrected chi connectivity index (χ1v) is 15.0. The zero-order chi connectivity index (χ0) is 32.6. The Labute approximate surface area is 267 Å². The number of hydrogen-bond donors (Lipinski definition) is 3. The summed E-state index contributed by atoms with van der Waals surface area (Å²) < 4.78 is 18.8. The first-order chi connectivity index (χ1) is 22.3. The summed E-state index contributed by atoms with van der Waals surface area (Å²) in [6.45, 7) is 2.47. The smallest absolute Gasteiger partial charge is 0.224 e. The molecule has 3 N–H and O–H groups in total. The monoisotopic (exact) mass is 626 g/mol. The molecule has 4 aromatic rings. The van der Waals surface area contributed by atoms with Crippen molar-refractivity contribution in [2.45, 2.75) is 45.2 Å². The van der Waals surface area contributed by atoms with Gasteiger partial charge < -0.3 is 30.2 Å². The van der Waals surface area contributed by atoms with Crippen LogP contribution in [0.5, 0.6) is 17.2 Å². The van der Waals surface area contributed by atoms with Gasteiger partial charge in [-0.2, -0.15) is 5.10 Å². The minimum absolute atomic E-state index is 0.121. The number of methoxy groups -OCH3 is 3. The maximum absolute atomic E-state index is 13.5. The molecule has 240 valence electrons. The highest BCUT2D eigenvalue weighted by Crippen LogP contribution is 2.50. The Kier molecular flexibility index (Phi) is 10.2. The van der Waals surface area contributed by atoms with Crippen LogP contribution in [0.2, 0.25) is 0 Å². The van der Waals surface area contributed by atoms with Crippen molar-refractivity contribution in [2.75, 3.05) is 38.5 Å². The molecular weight excluding hydrogens is 588 g/mol. The van der Waals surface area contributed by atoms with E-state index in [0.717, 1.165) is 22.3 Å². The quantitative estimate of drug-likeness (QED) is 0.196. The number of nitrogens with zero attached hydrogens (tertiary/aromatic N) is 3. The molecule has 0 unspecified atom stereocenters. The van der Waals surface area contributed by atoms with Crippen LogP contribution < -0.4 is 35.6 Å². The van der Waals surface area contributed by atoms with Crippen LogP contribution in [-0.2, 0) is 22.6 Å². The van der Waals surface area contributed by atoms with Gasteiger partial charge in [-0.15, -0.1) is 0 Å². The number of hydrogen-bond acceptors (Lipinski definition) is 9. The Morgan fingerprint density at radius 1 is 1.00 bits per heavy atom. The lowest BCUT2D eigenvalue weighted by molar-refractivity contribution is -0.119. The normalized spacial score (nSPS) is 13.4. The molecule has 1 aromatic heterocycles. The maximum Gasteiger partial charge on any atom is 0.224 e. The summed E-state index contributed by atoms with van der Waals surface area (Å²) in [6.07, 6.45) is 5.11. The highest BCUT2D eigenvalue weighted by atomic mass is 16.5. The van der Waals surface area contributed by atoms with Crippen LogP contribution in [0, 0.1) is 0 Å². The van der Waals surface area contributed by atoms with Crippen LogP contribution in [0.3, 0.4) is 0 Å². The van der Waals surface area contributed by atoms with E-state index in [9.17, 15) is 14.4 Å². The van der Waals surface area contributed by atoms with Crippen LogP contribution >= 0.6 is 0 Å². The molecule has 5 rings (SSSR count). The number of ether oxygens (including phenoxy) is 3. The molecule has 0 spiro atoms. The van der Waals surface area contributed by atoms with Crippen molar-refractivity contribution in [1.82, 2.24) is 20.1 Å². The number of rotatable bonds is 12. The maximum atomic E-state index is 13.5. The fourth-order valence-corrected chi connectivity index (χ4v) is 5.74. The molecule has 1 heterocycles. The van der Waals surface area contributed by atoms with Gasteiger partial charge in [-0.05, 0) is 71.8 Å². The molecule has 46 heavy (non-hydrogen) atoms. The Hall–Kier alpha value is -5.39. The summed E-state index contributed by atoms with van der Waals surface area (Å²) in [5.41, 5.74) is 5.08. The van der Waals surface area contributed by atoms with E-state index < -0.39 is 6.04 Å².